The Balaban J connectivity index is 1.62. The van der Waals surface area contributed by atoms with Gasteiger partial charge in [0.2, 0.25) is 12.7 Å². The third kappa shape index (κ3) is 2.74. The second-order valence-corrected chi connectivity index (χ2v) is 7.43. The first-order valence-electron chi connectivity index (χ1n) is 9.52. The lowest BCUT2D eigenvalue weighted by atomic mass is 9.83. The van der Waals surface area contributed by atoms with Crippen molar-refractivity contribution < 1.29 is 19.1 Å². The number of ether oxygens (including phenoxy) is 2. The summed E-state index contributed by atoms with van der Waals surface area (Å²) in [6, 6.07) is 9.46. The Morgan fingerprint density at radius 2 is 1.89 bits per heavy atom. The van der Waals surface area contributed by atoms with Gasteiger partial charge in [-0.2, -0.15) is 0 Å². The molecule has 144 valence electrons. The number of benzene rings is 2. The van der Waals surface area contributed by atoms with Crippen LogP contribution in [-0.4, -0.2) is 31.7 Å². The van der Waals surface area contributed by atoms with Crippen molar-refractivity contribution in [2.24, 2.45) is 5.73 Å². The van der Waals surface area contributed by atoms with Crippen LogP contribution in [0.3, 0.4) is 0 Å². The first kappa shape index (κ1) is 16.9. The summed E-state index contributed by atoms with van der Waals surface area (Å²) in [5.41, 5.74) is 9.60. The molecule has 3 aliphatic rings. The van der Waals surface area contributed by atoms with Crippen LogP contribution in [0, 0.1) is 0 Å². The van der Waals surface area contributed by atoms with Crippen molar-refractivity contribution in [3.05, 3.63) is 47.0 Å². The molecule has 0 spiro atoms. The van der Waals surface area contributed by atoms with Crippen molar-refractivity contribution in [1.29, 1.82) is 0 Å². The van der Waals surface area contributed by atoms with E-state index in [0.717, 1.165) is 48.4 Å². The number of nitrogens with one attached hydrogen (secondary N) is 1. The molecule has 2 aromatic carbocycles. The van der Waals surface area contributed by atoms with Gasteiger partial charge in [0, 0.05) is 31.1 Å². The molecule has 0 radical (unpaired) electrons. The van der Waals surface area contributed by atoms with Crippen LogP contribution in [0.5, 0.6) is 11.5 Å². The number of anilines is 2. The number of carbonyl (C=O) groups excluding carboxylic acids is 2. The summed E-state index contributed by atoms with van der Waals surface area (Å²) in [5.74, 6) is 0.699. The molecular formula is C21H21N3O4. The molecule has 7 heteroatoms. The Morgan fingerprint density at radius 3 is 2.68 bits per heavy atom. The zero-order chi connectivity index (χ0) is 19.3. The number of hydrogen-bond donors (Lipinski definition) is 2. The molecule has 2 amide bonds. The van der Waals surface area contributed by atoms with Gasteiger partial charge in [-0.15, -0.1) is 0 Å². The maximum Gasteiger partial charge on any atom is 0.250 e. The van der Waals surface area contributed by atoms with E-state index in [1.54, 1.807) is 0 Å². The highest BCUT2D eigenvalue weighted by Gasteiger charge is 2.31. The third-order valence-corrected chi connectivity index (χ3v) is 5.72. The number of rotatable bonds is 3. The number of primary amides is 1. The summed E-state index contributed by atoms with van der Waals surface area (Å²) in [7, 11) is 0. The number of carbonyl (C=O) groups is 2. The molecule has 5 rings (SSSR count). The Hall–Kier alpha value is -3.22. The lowest BCUT2D eigenvalue weighted by Crippen LogP contribution is -2.27. The molecule has 3 heterocycles. The average molecular weight is 379 g/mol. The molecule has 7 nitrogen and oxygen atoms in total. The highest BCUT2D eigenvalue weighted by Crippen LogP contribution is 2.43. The topological polar surface area (TPSA) is 93.9 Å². The fourth-order valence-corrected chi connectivity index (χ4v) is 4.34. The van der Waals surface area contributed by atoms with E-state index in [1.807, 2.05) is 30.3 Å². The summed E-state index contributed by atoms with van der Waals surface area (Å²) in [6.45, 7) is 1.97. The Morgan fingerprint density at radius 1 is 1.11 bits per heavy atom. The van der Waals surface area contributed by atoms with Crippen LogP contribution in [-0.2, 0) is 4.79 Å². The van der Waals surface area contributed by atoms with Gasteiger partial charge >= 0.3 is 0 Å². The van der Waals surface area contributed by atoms with Gasteiger partial charge in [0.05, 0.1) is 11.3 Å². The van der Waals surface area contributed by atoms with E-state index in [-0.39, 0.29) is 18.6 Å². The van der Waals surface area contributed by atoms with Crippen molar-refractivity contribution in [2.75, 3.05) is 30.1 Å². The maximum atomic E-state index is 12.4. The zero-order valence-corrected chi connectivity index (χ0v) is 15.4. The number of amides is 2. The van der Waals surface area contributed by atoms with Crippen molar-refractivity contribution in [3.8, 4) is 11.5 Å². The highest BCUT2D eigenvalue weighted by atomic mass is 16.7. The lowest BCUT2D eigenvalue weighted by molar-refractivity contribution is -0.116. The molecule has 0 aliphatic carbocycles. The Kier molecular flexibility index (Phi) is 3.89. The molecule has 0 aromatic heterocycles. The largest absolute Gasteiger partial charge is 0.454 e. The summed E-state index contributed by atoms with van der Waals surface area (Å²) < 4.78 is 10.9. The number of nitrogens with two attached hydrogens (primary N) is 1. The average Bonchev–Trinajstić information content (AvgIpc) is 3.37. The predicted molar refractivity (Wildman–Crippen MR) is 104 cm³/mol. The van der Waals surface area contributed by atoms with Crippen LogP contribution in [0.2, 0.25) is 0 Å². The molecule has 1 saturated heterocycles. The van der Waals surface area contributed by atoms with Gasteiger partial charge in [-0.05, 0) is 48.2 Å². The predicted octanol–water partition coefficient (Wildman–Crippen LogP) is 2.59. The molecule has 2 aromatic rings. The number of nitrogens with zero attached hydrogens (tertiary/aromatic N) is 1. The Labute approximate surface area is 162 Å². The summed E-state index contributed by atoms with van der Waals surface area (Å²) in [4.78, 5) is 26.8. The normalized spacial score (nSPS) is 20.1. The molecule has 0 saturated carbocycles. The SMILES string of the molecule is NC(=O)c1cc2c(cc1N1CCCC1)NC(=O)CC2c1ccc2c(c1)OCO2. The zero-order valence-electron chi connectivity index (χ0n) is 15.4. The van der Waals surface area contributed by atoms with E-state index in [2.05, 4.69) is 10.2 Å². The van der Waals surface area contributed by atoms with Crippen molar-refractivity contribution >= 4 is 23.2 Å². The van der Waals surface area contributed by atoms with Gasteiger partial charge in [0.15, 0.2) is 11.5 Å². The summed E-state index contributed by atoms with van der Waals surface area (Å²) in [5, 5.41) is 2.97. The number of fused-ring (bicyclic) bond motifs is 2. The second-order valence-electron chi connectivity index (χ2n) is 7.43. The Bertz CT molecular complexity index is 982. The van der Waals surface area contributed by atoms with E-state index < -0.39 is 5.91 Å². The molecule has 1 fully saturated rings. The first-order valence-corrected chi connectivity index (χ1v) is 9.52. The van der Waals surface area contributed by atoms with Crippen LogP contribution in [0.4, 0.5) is 11.4 Å². The lowest BCUT2D eigenvalue weighted by Gasteiger charge is -2.29. The smallest absolute Gasteiger partial charge is 0.250 e. The van der Waals surface area contributed by atoms with E-state index in [4.69, 9.17) is 15.2 Å². The van der Waals surface area contributed by atoms with Gasteiger partial charge < -0.3 is 25.4 Å². The van der Waals surface area contributed by atoms with Gasteiger partial charge in [-0.3, -0.25) is 9.59 Å². The van der Waals surface area contributed by atoms with Gasteiger partial charge in [0.1, 0.15) is 0 Å². The second kappa shape index (κ2) is 6.44. The van der Waals surface area contributed by atoms with E-state index in [1.165, 1.54) is 0 Å². The van der Waals surface area contributed by atoms with Crippen molar-refractivity contribution in [3.63, 3.8) is 0 Å². The molecule has 3 N–H and O–H groups in total. The highest BCUT2D eigenvalue weighted by molar-refractivity contribution is 6.03. The minimum atomic E-state index is -0.453. The first-order chi connectivity index (χ1) is 13.6. The fraction of sp³-hybridized carbons (Fsp3) is 0.333. The molecular weight excluding hydrogens is 358 g/mol. The molecule has 0 bridgehead atoms. The van der Waals surface area contributed by atoms with Crippen LogP contribution >= 0.6 is 0 Å². The monoisotopic (exact) mass is 379 g/mol. The minimum absolute atomic E-state index is 0.0469. The number of hydrogen-bond acceptors (Lipinski definition) is 5. The van der Waals surface area contributed by atoms with Crippen LogP contribution < -0.4 is 25.4 Å². The van der Waals surface area contributed by atoms with Gasteiger partial charge in [-0.25, -0.2) is 0 Å². The van der Waals surface area contributed by atoms with E-state index in [9.17, 15) is 9.59 Å². The maximum absolute atomic E-state index is 12.4. The van der Waals surface area contributed by atoms with E-state index in [0.29, 0.717) is 23.5 Å². The summed E-state index contributed by atoms with van der Waals surface area (Å²) in [6.07, 6.45) is 2.47. The van der Waals surface area contributed by atoms with Crippen LogP contribution in [0.1, 0.15) is 46.7 Å². The van der Waals surface area contributed by atoms with Gasteiger partial charge in [-0.1, -0.05) is 6.07 Å². The van der Waals surface area contributed by atoms with Crippen molar-refractivity contribution in [2.45, 2.75) is 25.2 Å². The van der Waals surface area contributed by atoms with Crippen LogP contribution in [0.25, 0.3) is 0 Å². The standard InChI is InChI=1S/C21H21N3O4/c22-21(26)15-8-14-13(12-3-4-18-19(7-12)28-11-27-18)9-20(25)23-16(14)10-17(15)24-5-1-2-6-24/h3-4,7-8,10,13H,1-2,5-6,9,11H2,(H2,22,26)(H,23,25). The van der Waals surface area contributed by atoms with Gasteiger partial charge in [0.25, 0.3) is 5.91 Å². The molecule has 1 atom stereocenters. The quantitative estimate of drug-likeness (QED) is 0.855. The fourth-order valence-electron chi connectivity index (χ4n) is 4.34. The van der Waals surface area contributed by atoms with Crippen LogP contribution in [0.15, 0.2) is 30.3 Å². The van der Waals surface area contributed by atoms with Crippen molar-refractivity contribution in [1.82, 2.24) is 0 Å². The molecule has 1 unspecified atom stereocenters. The third-order valence-electron chi connectivity index (χ3n) is 5.72. The molecule has 3 aliphatic heterocycles. The summed E-state index contributed by atoms with van der Waals surface area (Å²) >= 11 is 0. The molecule has 28 heavy (non-hydrogen) atoms. The minimum Gasteiger partial charge on any atom is -0.454 e. The van der Waals surface area contributed by atoms with E-state index >= 15 is 0 Å².